The van der Waals surface area contributed by atoms with Crippen molar-refractivity contribution in [1.82, 2.24) is 10.0 Å². The SMILES string of the molecule is O=CC(CC(=O)O)NC(=O)CN1C(=O)C(NS(=O)(=O)c2cc(Cl)c(O)c(Cl)c2)N=C(c2ccccc2)c2ccccc21. The number of carbonyl (C=O) groups excluding carboxylic acids is 3. The lowest BCUT2D eigenvalue weighted by Crippen LogP contribution is -2.51. The molecule has 4 N–H and O–H groups in total. The van der Waals surface area contributed by atoms with Gasteiger partial charge in [-0.3, -0.25) is 24.3 Å². The van der Waals surface area contributed by atoms with E-state index in [0.29, 0.717) is 11.1 Å². The molecule has 4 rings (SSSR count). The Labute approximate surface area is 249 Å². The number of rotatable bonds is 10. The van der Waals surface area contributed by atoms with E-state index in [1.807, 2.05) is 0 Å². The molecular formula is C27H22Cl2N4O8S. The predicted octanol–water partition coefficient (Wildman–Crippen LogP) is 2.35. The number of hydrogen-bond donors (Lipinski definition) is 4. The number of aldehydes is 1. The number of nitrogens with zero attached hydrogens (tertiary/aromatic N) is 2. The van der Waals surface area contributed by atoms with Crippen LogP contribution in [0.1, 0.15) is 17.5 Å². The van der Waals surface area contributed by atoms with E-state index < -0.39 is 63.6 Å². The molecule has 0 spiro atoms. The number of aliphatic carboxylic acids is 1. The van der Waals surface area contributed by atoms with Crippen molar-refractivity contribution in [3.05, 3.63) is 87.9 Å². The van der Waals surface area contributed by atoms with Crippen LogP contribution < -0.4 is 14.9 Å². The van der Waals surface area contributed by atoms with E-state index >= 15 is 0 Å². The maximum absolute atomic E-state index is 13.9. The van der Waals surface area contributed by atoms with Crippen LogP contribution in [0.25, 0.3) is 0 Å². The molecule has 218 valence electrons. The lowest BCUT2D eigenvalue weighted by atomic mass is 10.0. The molecule has 2 unspecified atom stereocenters. The number of carbonyl (C=O) groups is 4. The number of carboxylic acids is 1. The van der Waals surface area contributed by atoms with Crippen molar-refractivity contribution in [3.8, 4) is 5.75 Å². The fourth-order valence-electron chi connectivity index (χ4n) is 4.13. The number of nitrogens with one attached hydrogen (secondary N) is 2. The number of fused-ring (bicyclic) bond motifs is 1. The minimum absolute atomic E-state index is 0.207. The highest BCUT2D eigenvalue weighted by atomic mass is 35.5. The first-order chi connectivity index (χ1) is 19.9. The number of amides is 2. The van der Waals surface area contributed by atoms with E-state index in [0.717, 1.165) is 17.0 Å². The zero-order valence-corrected chi connectivity index (χ0v) is 23.7. The average molecular weight is 633 g/mol. The summed E-state index contributed by atoms with van der Waals surface area (Å²) in [6, 6.07) is 15.6. The molecule has 0 bridgehead atoms. The van der Waals surface area contributed by atoms with E-state index in [1.165, 1.54) is 6.07 Å². The summed E-state index contributed by atoms with van der Waals surface area (Å²) < 4.78 is 29.0. The topological polar surface area (TPSA) is 183 Å². The van der Waals surface area contributed by atoms with Crippen LogP contribution in [0.3, 0.4) is 0 Å². The van der Waals surface area contributed by atoms with Crippen LogP contribution in [-0.4, -0.2) is 67.2 Å². The van der Waals surface area contributed by atoms with Gasteiger partial charge in [-0.2, -0.15) is 4.72 Å². The van der Waals surface area contributed by atoms with Crippen molar-refractivity contribution in [2.45, 2.75) is 23.5 Å². The molecule has 2 amide bonds. The predicted molar refractivity (Wildman–Crippen MR) is 153 cm³/mol. The van der Waals surface area contributed by atoms with Gasteiger partial charge < -0.3 is 20.3 Å². The molecule has 1 heterocycles. The van der Waals surface area contributed by atoms with Crippen LogP contribution in [0.4, 0.5) is 5.69 Å². The number of benzene rings is 3. The second-order valence-electron chi connectivity index (χ2n) is 8.95. The second kappa shape index (κ2) is 12.7. The Morgan fingerprint density at radius 1 is 1.05 bits per heavy atom. The Morgan fingerprint density at radius 2 is 1.67 bits per heavy atom. The maximum atomic E-state index is 13.9. The zero-order chi connectivity index (χ0) is 30.6. The van der Waals surface area contributed by atoms with Crippen molar-refractivity contribution >= 4 is 68.7 Å². The number of para-hydroxylation sites is 1. The van der Waals surface area contributed by atoms with Crippen LogP contribution in [0.5, 0.6) is 5.75 Å². The fourth-order valence-corrected chi connectivity index (χ4v) is 5.87. The van der Waals surface area contributed by atoms with Crippen molar-refractivity contribution < 1.29 is 37.8 Å². The molecule has 0 saturated carbocycles. The smallest absolute Gasteiger partial charge is 0.305 e. The number of sulfonamides is 1. The summed E-state index contributed by atoms with van der Waals surface area (Å²) in [7, 11) is -4.55. The Kier molecular flexibility index (Phi) is 9.27. The third kappa shape index (κ3) is 6.77. The van der Waals surface area contributed by atoms with Gasteiger partial charge in [0, 0.05) is 11.1 Å². The first kappa shape index (κ1) is 30.7. The molecule has 0 radical (unpaired) electrons. The van der Waals surface area contributed by atoms with Crippen molar-refractivity contribution in [2.24, 2.45) is 4.99 Å². The number of hydrogen-bond acceptors (Lipinski definition) is 8. The van der Waals surface area contributed by atoms with E-state index in [1.54, 1.807) is 48.5 Å². The first-order valence-electron chi connectivity index (χ1n) is 12.1. The summed E-state index contributed by atoms with van der Waals surface area (Å²) in [6.45, 7) is -0.702. The molecule has 2 atom stereocenters. The number of phenols is 1. The highest BCUT2D eigenvalue weighted by Gasteiger charge is 2.36. The quantitative estimate of drug-likeness (QED) is 0.245. The van der Waals surface area contributed by atoms with Crippen molar-refractivity contribution in [1.29, 1.82) is 0 Å². The Bertz CT molecular complexity index is 1680. The molecule has 3 aromatic carbocycles. The standard InChI is InChI=1S/C27H22Cl2N4O8S/c28-19-11-17(12-20(29)25(19)38)42(40,41)32-26-27(39)33(13-22(35)30-16(14-34)10-23(36)37)21-9-5-4-8-18(21)24(31-26)15-6-2-1-3-7-15/h1-9,11-12,14,16,26,32,38H,10,13H2,(H,30,35)(H,36,37). The monoisotopic (exact) mass is 632 g/mol. The zero-order valence-electron chi connectivity index (χ0n) is 21.4. The van der Waals surface area contributed by atoms with Gasteiger partial charge in [-0.15, -0.1) is 0 Å². The normalized spacial score (nSPS) is 15.7. The minimum Gasteiger partial charge on any atom is -0.505 e. The molecule has 1 aliphatic heterocycles. The van der Waals surface area contributed by atoms with Crippen molar-refractivity contribution in [2.75, 3.05) is 11.4 Å². The Hall–Kier alpha value is -4.30. The molecule has 0 saturated heterocycles. The van der Waals surface area contributed by atoms with Crippen LogP contribution in [0, 0.1) is 0 Å². The van der Waals surface area contributed by atoms with Crippen LogP contribution in [-0.2, 0) is 29.2 Å². The minimum atomic E-state index is -4.55. The Morgan fingerprint density at radius 3 is 2.29 bits per heavy atom. The Balaban J connectivity index is 1.80. The molecule has 0 aliphatic carbocycles. The van der Waals surface area contributed by atoms with E-state index in [9.17, 15) is 32.7 Å². The van der Waals surface area contributed by atoms with Gasteiger partial charge in [0.05, 0.1) is 38.8 Å². The second-order valence-corrected chi connectivity index (χ2v) is 11.5. The van der Waals surface area contributed by atoms with Crippen LogP contribution in [0.2, 0.25) is 10.0 Å². The van der Waals surface area contributed by atoms with E-state index in [4.69, 9.17) is 28.3 Å². The number of carboxylic acid groups (broad SMARTS) is 1. The summed E-state index contributed by atoms with van der Waals surface area (Å²) in [5.74, 6) is -3.69. The number of benzodiazepines with no additional fused rings is 1. The lowest BCUT2D eigenvalue weighted by molar-refractivity contribution is -0.138. The molecule has 15 heteroatoms. The van der Waals surface area contributed by atoms with Gasteiger partial charge in [0.2, 0.25) is 15.9 Å². The lowest BCUT2D eigenvalue weighted by Gasteiger charge is -2.25. The maximum Gasteiger partial charge on any atom is 0.305 e. The van der Waals surface area contributed by atoms with Crippen LogP contribution >= 0.6 is 23.2 Å². The summed E-state index contributed by atoms with van der Waals surface area (Å²) in [5, 5.41) is 20.4. The van der Waals surface area contributed by atoms with Gasteiger partial charge in [0.15, 0.2) is 11.9 Å². The molecule has 0 aromatic heterocycles. The largest absolute Gasteiger partial charge is 0.505 e. The van der Waals surface area contributed by atoms with Crippen LogP contribution in [0.15, 0.2) is 76.6 Å². The van der Waals surface area contributed by atoms with E-state index in [2.05, 4.69) is 15.0 Å². The average Bonchev–Trinajstić information content (AvgIpc) is 3.06. The van der Waals surface area contributed by atoms with Gasteiger partial charge in [0.25, 0.3) is 5.91 Å². The summed E-state index contributed by atoms with van der Waals surface area (Å²) in [5.41, 5.74) is 1.36. The molecule has 12 nitrogen and oxygen atoms in total. The number of aliphatic imine (C=N–C) groups is 1. The van der Waals surface area contributed by atoms with Gasteiger partial charge >= 0.3 is 5.97 Å². The molecule has 1 aliphatic rings. The molecule has 3 aromatic rings. The number of aromatic hydroxyl groups is 1. The number of phenolic OH excluding ortho intramolecular Hbond substituents is 1. The number of anilines is 1. The van der Waals surface area contributed by atoms with E-state index in [-0.39, 0.29) is 27.7 Å². The van der Waals surface area contributed by atoms with Gasteiger partial charge in [-0.05, 0) is 18.2 Å². The third-order valence-electron chi connectivity index (χ3n) is 6.03. The number of halogens is 2. The van der Waals surface area contributed by atoms with Gasteiger partial charge in [-0.25, -0.2) is 8.42 Å². The molecular weight excluding hydrogens is 611 g/mol. The van der Waals surface area contributed by atoms with Crippen molar-refractivity contribution in [3.63, 3.8) is 0 Å². The van der Waals surface area contributed by atoms with Gasteiger partial charge in [0.1, 0.15) is 12.8 Å². The summed E-state index contributed by atoms with van der Waals surface area (Å²) in [4.78, 5) is 54.2. The molecule has 42 heavy (non-hydrogen) atoms. The highest BCUT2D eigenvalue weighted by molar-refractivity contribution is 7.89. The first-order valence-corrected chi connectivity index (χ1v) is 14.4. The molecule has 0 fully saturated rings. The fraction of sp³-hybridized carbons (Fsp3) is 0.148. The summed E-state index contributed by atoms with van der Waals surface area (Å²) in [6.07, 6.45) is -2.23. The summed E-state index contributed by atoms with van der Waals surface area (Å²) >= 11 is 11.8. The highest BCUT2D eigenvalue weighted by Crippen LogP contribution is 2.34. The third-order valence-corrected chi connectivity index (χ3v) is 8.00. The van der Waals surface area contributed by atoms with Gasteiger partial charge in [-0.1, -0.05) is 71.7 Å².